The van der Waals surface area contributed by atoms with Gasteiger partial charge in [-0.25, -0.2) is 8.42 Å². The maximum absolute atomic E-state index is 11.3. The average molecular weight is 214 g/mol. The molecule has 0 bridgehead atoms. The summed E-state index contributed by atoms with van der Waals surface area (Å²) < 4.78 is 27.4. The largest absolute Gasteiger partial charge is 0.495 e. The van der Waals surface area contributed by atoms with E-state index in [1.165, 1.54) is 25.3 Å². The number of sulfone groups is 1. The quantitative estimate of drug-likeness (QED) is 0.702. The van der Waals surface area contributed by atoms with Crippen molar-refractivity contribution >= 4 is 16.1 Å². The maximum atomic E-state index is 11.3. The van der Waals surface area contributed by atoms with Crippen LogP contribution in [0, 0.1) is 0 Å². The SMILES string of the molecule is COc1ccc(C=O)cc1S(C)(=O)=O. The Morgan fingerprint density at radius 2 is 2.00 bits per heavy atom. The van der Waals surface area contributed by atoms with Crippen molar-refractivity contribution in [3.63, 3.8) is 0 Å². The summed E-state index contributed by atoms with van der Waals surface area (Å²) in [7, 11) is -1.98. The molecule has 0 unspecified atom stereocenters. The highest BCUT2D eigenvalue weighted by molar-refractivity contribution is 7.90. The molecule has 0 aliphatic carbocycles. The summed E-state index contributed by atoms with van der Waals surface area (Å²) in [4.78, 5) is 10.5. The van der Waals surface area contributed by atoms with Crippen LogP contribution in [0.1, 0.15) is 10.4 Å². The highest BCUT2D eigenvalue weighted by Gasteiger charge is 2.14. The van der Waals surface area contributed by atoms with Crippen molar-refractivity contribution in [2.24, 2.45) is 0 Å². The van der Waals surface area contributed by atoms with E-state index in [1.54, 1.807) is 0 Å². The molecule has 0 amide bonds. The van der Waals surface area contributed by atoms with Gasteiger partial charge in [-0.05, 0) is 18.2 Å². The van der Waals surface area contributed by atoms with E-state index in [0.29, 0.717) is 11.8 Å². The van der Waals surface area contributed by atoms with Gasteiger partial charge in [-0.1, -0.05) is 0 Å². The Labute approximate surface area is 82.4 Å². The van der Waals surface area contributed by atoms with E-state index >= 15 is 0 Å². The second-order valence-electron chi connectivity index (χ2n) is 2.80. The fraction of sp³-hybridized carbons (Fsp3) is 0.222. The predicted octanol–water partition coefficient (Wildman–Crippen LogP) is 0.911. The van der Waals surface area contributed by atoms with Crippen molar-refractivity contribution in [2.45, 2.75) is 4.90 Å². The third kappa shape index (κ3) is 2.11. The fourth-order valence-corrected chi connectivity index (χ4v) is 1.92. The third-order valence-corrected chi connectivity index (χ3v) is 2.84. The summed E-state index contributed by atoms with van der Waals surface area (Å²) in [6.45, 7) is 0. The van der Waals surface area contributed by atoms with Gasteiger partial charge in [-0.15, -0.1) is 0 Å². The zero-order chi connectivity index (χ0) is 10.8. The Morgan fingerprint density at radius 3 is 2.43 bits per heavy atom. The molecular weight excluding hydrogens is 204 g/mol. The summed E-state index contributed by atoms with van der Waals surface area (Å²) in [5.74, 6) is 0.248. The van der Waals surface area contributed by atoms with Crippen LogP contribution in [0.3, 0.4) is 0 Å². The molecule has 1 aromatic carbocycles. The minimum Gasteiger partial charge on any atom is -0.495 e. The second-order valence-corrected chi connectivity index (χ2v) is 4.78. The molecule has 1 aromatic rings. The molecule has 0 N–H and O–H groups in total. The molecule has 0 atom stereocenters. The van der Waals surface area contributed by atoms with E-state index in [9.17, 15) is 13.2 Å². The number of carbonyl (C=O) groups is 1. The molecule has 14 heavy (non-hydrogen) atoms. The first kappa shape index (κ1) is 10.7. The highest BCUT2D eigenvalue weighted by Crippen LogP contribution is 2.23. The number of ether oxygens (including phenoxy) is 1. The Balaban J connectivity index is 3.44. The maximum Gasteiger partial charge on any atom is 0.179 e. The predicted molar refractivity (Wildman–Crippen MR) is 51.5 cm³/mol. The van der Waals surface area contributed by atoms with Crippen LogP contribution in [-0.4, -0.2) is 28.1 Å². The van der Waals surface area contributed by atoms with Gasteiger partial charge in [0.15, 0.2) is 9.84 Å². The molecule has 0 saturated carbocycles. The molecule has 0 heterocycles. The third-order valence-electron chi connectivity index (χ3n) is 1.72. The molecule has 5 heteroatoms. The number of benzene rings is 1. The number of hydrogen-bond acceptors (Lipinski definition) is 4. The van der Waals surface area contributed by atoms with E-state index in [-0.39, 0.29) is 10.6 Å². The Hall–Kier alpha value is -1.36. The Bertz CT molecular complexity index is 448. The molecule has 0 aromatic heterocycles. The van der Waals surface area contributed by atoms with Gasteiger partial charge in [0, 0.05) is 11.8 Å². The summed E-state index contributed by atoms with van der Waals surface area (Å²) in [6, 6.07) is 4.25. The minimum absolute atomic E-state index is 0.0320. The lowest BCUT2D eigenvalue weighted by Crippen LogP contribution is -2.01. The van der Waals surface area contributed by atoms with E-state index in [4.69, 9.17) is 4.74 Å². The number of hydrogen-bond donors (Lipinski definition) is 0. The molecule has 1 rings (SSSR count). The lowest BCUT2D eigenvalue weighted by atomic mass is 10.2. The molecule has 0 spiro atoms. The van der Waals surface area contributed by atoms with Gasteiger partial charge >= 0.3 is 0 Å². The van der Waals surface area contributed by atoms with Crippen LogP contribution in [0.2, 0.25) is 0 Å². The van der Waals surface area contributed by atoms with Crippen LogP contribution in [0.5, 0.6) is 5.75 Å². The number of aldehydes is 1. The Kier molecular flexibility index (Phi) is 2.90. The average Bonchev–Trinajstić information content (AvgIpc) is 2.15. The van der Waals surface area contributed by atoms with Crippen molar-refractivity contribution in [1.82, 2.24) is 0 Å². The van der Waals surface area contributed by atoms with Gasteiger partial charge < -0.3 is 4.74 Å². The highest BCUT2D eigenvalue weighted by atomic mass is 32.2. The fourth-order valence-electron chi connectivity index (χ4n) is 1.06. The first-order chi connectivity index (χ1) is 6.49. The van der Waals surface area contributed by atoms with Crippen molar-refractivity contribution in [2.75, 3.05) is 13.4 Å². The van der Waals surface area contributed by atoms with Gasteiger partial charge in [0.25, 0.3) is 0 Å². The van der Waals surface area contributed by atoms with Gasteiger partial charge in [-0.2, -0.15) is 0 Å². The first-order valence-corrected chi connectivity index (χ1v) is 5.71. The van der Waals surface area contributed by atoms with E-state index < -0.39 is 9.84 Å². The van der Waals surface area contributed by atoms with Crippen molar-refractivity contribution in [3.8, 4) is 5.75 Å². The van der Waals surface area contributed by atoms with Crippen LogP contribution in [0.15, 0.2) is 23.1 Å². The Morgan fingerprint density at radius 1 is 1.36 bits per heavy atom. The first-order valence-electron chi connectivity index (χ1n) is 3.82. The van der Waals surface area contributed by atoms with E-state index in [0.717, 1.165) is 6.26 Å². The number of carbonyl (C=O) groups excluding carboxylic acids is 1. The smallest absolute Gasteiger partial charge is 0.179 e. The summed E-state index contributed by atoms with van der Waals surface area (Å²) >= 11 is 0. The van der Waals surface area contributed by atoms with Crippen LogP contribution in [0.4, 0.5) is 0 Å². The molecule has 0 aliphatic rings. The second kappa shape index (κ2) is 3.79. The van der Waals surface area contributed by atoms with Crippen LogP contribution < -0.4 is 4.74 Å². The minimum atomic E-state index is -3.36. The molecule has 0 aliphatic heterocycles. The lowest BCUT2D eigenvalue weighted by Gasteiger charge is -2.06. The van der Waals surface area contributed by atoms with Gasteiger partial charge in [-0.3, -0.25) is 4.79 Å². The molecule has 0 fully saturated rings. The molecule has 76 valence electrons. The van der Waals surface area contributed by atoms with Crippen molar-refractivity contribution in [1.29, 1.82) is 0 Å². The summed E-state index contributed by atoms with van der Waals surface area (Å²) in [5.41, 5.74) is 0.311. The number of rotatable bonds is 3. The van der Waals surface area contributed by atoms with Gasteiger partial charge in [0.2, 0.25) is 0 Å². The number of methoxy groups -OCH3 is 1. The van der Waals surface area contributed by atoms with Gasteiger partial charge in [0.1, 0.15) is 16.9 Å². The van der Waals surface area contributed by atoms with Gasteiger partial charge in [0.05, 0.1) is 7.11 Å². The van der Waals surface area contributed by atoms with E-state index in [2.05, 4.69) is 0 Å². The lowest BCUT2D eigenvalue weighted by molar-refractivity contribution is 0.112. The molecule has 4 nitrogen and oxygen atoms in total. The molecular formula is C9H10O4S. The zero-order valence-electron chi connectivity index (χ0n) is 7.85. The topological polar surface area (TPSA) is 60.4 Å². The monoisotopic (exact) mass is 214 g/mol. The van der Waals surface area contributed by atoms with Crippen molar-refractivity contribution < 1.29 is 17.9 Å². The summed E-state index contributed by atoms with van der Waals surface area (Å²) in [6.07, 6.45) is 1.66. The van der Waals surface area contributed by atoms with Crippen molar-refractivity contribution in [3.05, 3.63) is 23.8 Å². The zero-order valence-corrected chi connectivity index (χ0v) is 8.67. The standard InChI is InChI=1S/C9H10O4S/c1-13-8-4-3-7(6-10)5-9(8)14(2,11)12/h3-6H,1-2H3. The van der Waals surface area contributed by atoms with Crippen LogP contribution in [-0.2, 0) is 9.84 Å². The normalized spacial score (nSPS) is 11.0. The molecule has 0 saturated heterocycles. The van der Waals surface area contributed by atoms with Crippen LogP contribution in [0.25, 0.3) is 0 Å². The van der Waals surface area contributed by atoms with Crippen LogP contribution >= 0.6 is 0 Å². The summed E-state index contributed by atoms with van der Waals surface area (Å²) in [5, 5.41) is 0. The molecule has 0 radical (unpaired) electrons. The van der Waals surface area contributed by atoms with E-state index in [1.807, 2.05) is 0 Å².